The van der Waals surface area contributed by atoms with Crippen LogP contribution in [0.15, 0.2) is 36.4 Å². The summed E-state index contributed by atoms with van der Waals surface area (Å²) in [5.41, 5.74) is 1.61. The first-order valence-corrected chi connectivity index (χ1v) is 8.70. The van der Waals surface area contributed by atoms with Crippen LogP contribution in [0.5, 0.6) is 11.5 Å². The maximum absolute atomic E-state index is 12.0. The number of fused-ring (bicyclic) bond motifs is 1. The first-order valence-electron chi connectivity index (χ1n) is 8.70. The second-order valence-electron chi connectivity index (χ2n) is 7.18. The molecule has 0 spiro atoms. The molecular weight excluding hydrogens is 332 g/mol. The number of ether oxygens (including phenoxy) is 2. The number of benzene rings is 2. The van der Waals surface area contributed by atoms with E-state index in [1.807, 2.05) is 30.3 Å². The van der Waals surface area contributed by atoms with Gasteiger partial charge in [-0.2, -0.15) is 0 Å². The molecule has 1 atom stereocenters. The summed E-state index contributed by atoms with van der Waals surface area (Å²) in [5, 5.41) is 20.1. The lowest BCUT2D eigenvalue weighted by Crippen LogP contribution is -2.39. The van der Waals surface area contributed by atoms with Crippen molar-refractivity contribution in [3.63, 3.8) is 0 Å². The van der Waals surface area contributed by atoms with Crippen molar-refractivity contribution in [1.82, 2.24) is 0 Å². The van der Waals surface area contributed by atoms with Gasteiger partial charge in [-0.1, -0.05) is 30.3 Å². The number of hydrogen-bond acceptors (Lipinski definition) is 4. The fourth-order valence-corrected chi connectivity index (χ4v) is 3.35. The zero-order valence-corrected chi connectivity index (χ0v) is 15.3. The predicted octanol–water partition coefficient (Wildman–Crippen LogP) is 3.25. The van der Waals surface area contributed by atoms with E-state index in [1.165, 1.54) is 0 Å². The third-order valence-electron chi connectivity index (χ3n) is 4.82. The maximum Gasteiger partial charge on any atom is 0.339 e. The zero-order chi connectivity index (χ0) is 18.9. The summed E-state index contributed by atoms with van der Waals surface area (Å²) in [7, 11) is 1.56. The van der Waals surface area contributed by atoms with Crippen LogP contribution in [-0.2, 0) is 19.3 Å². The Morgan fingerprint density at radius 3 is 2.54 bits per heavy atom. The number of rotatable bonds is 6. The van der Waals surface area contributed by atoms with Crippen LogP contribution in [-0.4, -0.2) is 35.0 Å². The number of carboxylic acids is 1. The van der Waals surface area contributed by atoms with Crippen molar-refractivity contribution in [3.8, 4) is 11.5 Å². The van der Waals surface area contributed by atoms with Crippen LogP contribution < -0.4 is 9.47 Å². The molecule has 0 bridgehead atoms. The van der Waals surface area contributed by atoms with E-state index in [2.05, 4.69) is 0 Å². The predicted molar refractivity (Wildman–Crippen MR) is 98.2 cm³/mol. The Morgan fingerprint density at radius 1 is 1.27 bits per heavy atom. The molecule has 0 saturated carbocycles. The molecule has 5 nitrogen and oxygen atoms in total. The van der Waals surface area contributed by atoms with Gasteiger partial charge in [-0.15, -0.1) is 0 Å². The van der Waals surface area contributed by atoms with Crippen LogP contribution in [0.25, 0.3) is 0 Å². The number of carboxylic acid groups (broad SMARTS) is 1. The van der Waals surface area contributed by atoms with Crippen LogP contribution in [0.4, 0.5) is 0 Å². The minimum Gasteiger partial charge on any atom is -0.496 e. The van der Waals surface area contributed by atoms with E-state index in [-0.39, 0.29) is 5.56 Å². The highest BCUT2D eigenvalue weighted by molar-refractivity contribution is 5.94. The normalized spacial score (nSPS) is 16.1. The molecule has 0 aliphatic carbocycles. The van der Waals surface area contributed by atoms with Crippen LogP contribution in [0.1, 0.15) is 40.9 Å². The smallest absolute Gasteiger partial charge is 0.339 e. The molecular formula is C21H24O5. The first kappa shape index (κ1) is 18.3. The first-order chi connectivity index (χ1) is 12.3. The molecule has 26 heavy (non-hydrogen) atoms. The molecule has 1 aliphatic rings. The number of methoxy groups -OCH3 is 1. The summed E-state index contributed by atoms with van der Waals surface area (Å²) in [6, 6.07) is 11.7. The highest BCUT2D eigenvalue weighted by Crippen LogP contribution is 2.43. The standard InChI is InChI=1S/C21H24O5/c1-21(2,24)17-12-15-16(25-3)11-14(18(20(22)23)19(15)26-17)10-9-13-7-5-4-6-8-13/h4-8,11,17,24H,9-10,12H2,1-3H3,(H,22,23). The number of carbonyl (C=O) groups is 1. The Kier molecular flexibility index (Phi) is 4.92. The molecule has 1 unspecified atom stereocenters. The minimum atomic E-state index is -1.08. The molecule has 0 aromatic heterocycles. The third kappa shape index (κ3) is 3.53. The zero-order valence-electron chi connectivity index (χ0n) is 15.3. The largest absolute Gasteiger partial charge is 0.496 e. The highest BCUT2D eigenvalue weighted by atomic mass is 16.5. The summed E-state index contributed by atoms with van der Waals surface area (Å²) < 4.78 is 11.4. The highest BCUT2D eigenvalue weighted by Gasteiger charge is 2.39. The summed E-state index contributed by atoms with van der Waals surface area (Å²) in [5.74, 6) is -0.0878. The molecule has 0 saturated heterocycles. The van der Waals surface area contributed by atoms with Gasteiger partial charge in [0.25, 0.3) is 0 Å². The van der Waals surface area contributed by atoms with E-state index < -0.39 is 17.7 Å². The second-order valence-corrected chi connectivity index (χ2v) is 7.18. The second kappa shape index (κ2) is 7.00. The van der Waals surface area contributed by atoms with E-state index in [0.29, 0.717) is 35.5 Å². The summed E-state index contributed by atoms with van der Waals surface area (Å²) in [6.07, 6.45) is 1.19. The molecule has 0 fully saturated rings. The SMILES string of the molecule is COc1cc(CCc2ccccc2)c(C(=O)O)c2c1CC(C(C)(C)O)O2. The molecule has 0 amide bonds. The average Bonchev–Trinajstić information content (AvgIpc) is 3.04. The van der Waals surface area contributed by atoms with Crippen molar-refractivity contribution in [2.75, 3.05) is 7.11 Å². The molecule has 138 valence electrons. The van der Waals surface area contributed by atoms with Crippen LogP contribution in [0.3, 0.4) is 0 Å². The molecule has 2 aromatic rings. The Labute approximate surface area is 153 Å². The van der Waals surface area contributed by atoms with Gasteiger partial charge in [0.1, 0.15) is 23.2 Å². The minimum absolute atomic E-state index is 0.170. The van der Waals surface area contributed by atoms with E-state index in [9.17, 15) is 15.0 Å². The van der Waals surface area contributed by atoms with Gasteiger partial charge in [0, 0.05) is 12.0 Å². The molecule has 2 aromatic carbocycles. The third-order valence-corrected chi connectivity index (χ3v) is 4.82. The molecule has 2 N–H and O–H groups in total. The number of aromatic carboxylic acids is 1. The van der Waals surface area contributed by atoms with Crippen molar-refractivity contribution in [3.05, 3.63) is 58.7 Å². The van der Waals surface area contributed by atoms with E-state index >= 15 is 0 Å². The van der Waals surface area contributed by atoms with E-state index in [1.54, 1.807) is 27.0 Å². The van der Waals surface area contributed by atoms with Crippen LogP contribution in [0.2, 0.25) is 0 Å². The lowest BCUT2D eigenvalue weighted by molar-refractivity contribution is -0.0233. The van der Waals surface area contributed by atoms with Gasteiger partial charge in [0.2, 0.25) is 0 Å². The van der Waals surface area contributed by atoms with Crippen molar-refractivity contribution in [2.45, 2.75) is 44.8 Å². The Morgan fingerprint density at radius 2 is 1.96 bits per heavy atom. The van der Waals surface area contributed by atoms with Gasteiger partial charge in [-0.25, -0.2) is 4.79 Å². The van der Waals surface area contributed by atoms with Gasteiger partial charge in [0.05, 0.1) is 12.7 Å². The summed E-state index contributed by atoms with van der Waals surface area (Å²) in [6.45, 7) is 3.32. The van der Waals surface area contributed by atoms with Crippen molar-refractivity contribution < 1.29 is 24.5 Å². The van der Waals surface area contributed by atoms with Crippen LogP contribution in [0, 0.1) is 0 Å². The van der Waals surface area contributed by atoms with Gasteiger partial charge in [-0.05, 0) is 43.9 Å². The number of aliphatic hydroxyl groups is 1. The maximum atomic E-state index is 12.0. The quantitative estimate of drug-likeness (QED) is 0.831. The van der Waals surface area contributed by atoms with E-state index in [4.69, 9.17) is 9.47 Å². The van der Waals surface area contributed by atoms with E-state index in [0.717, 1.165) is 12.0 Å². The lowest BCUT2D eigenvalue weighted by Gasteiger charge is -2.24. The van der Waals surface area contributed by atoms with Gasteiger partial charge < -0.3 is 19.7 Å². The average molecular weight is 356 g/mol. The number of hydrogen-bond donors (Lipinski definition) is 2. The molecule has 1 aliphatic heterocycles. The fraction of sp³-hybridized carbons (Fsp3) is 0.381. The Bertz CT molecular complexity index is 805. The molecule has 3 rings (SSSR count). The molecule has 5 heteroatoms. The topological polar surface area (TPSA) is 76.0 Å². The number of aryl methyl sites for hydroxylation is 2. The fourth-order valence-electron chi connectivity index (χ4n) is 3.35. The van der Waals surface area contributed by atoms with Crippen molar-refractivity contribution in [1.29, 1.82) is 0 Å². The van der Waals surface area contributed by atoms with Gasteiger partial charge >= 0.3 is 5.97 Å². The molecule has 0 radical (unpaired) electrons. The summed E-state index contributed by atoms with van der Waals surface area (Å²) >= 11 is 0. The monoisotopic (exact) mass is 356 g/mol. The lowest BCUT2D eigenvalue weighted by atomic mass is 9.93. The summed E-state index contributed by atoms with van der Waals surface area (Å²) in [4.78, 5) is 12.0. The van der Waals surface area contributed by atoms with Crippen molar-refractivity contribution in [2.24, 2.45) is 0 Å². The molecule has 1 heterocycles. The Hall–Kier alpha value is -2.53. The van der Waals surface area contributed by atoms with Crippen molar-refractivity contribution >= 4 is 5.97 Å². The Balaban J connectivity index is 2.00. The van der Waals surface area contributed by atoms with Gasteiger partial charge in [-0.3, -0.25) is 0 Å². The van der Waals surface area contributed by atoms with Crippen LogP contribution >= 0.6 is 0 Å². The van der Waals surface area contributed by atoms with Gasteiger partial charge in [0.15, 0.2) is 0 Å².